The Labute approximate surface area is 130 Å². The highest BCUT2D eigenvalue weighted by Crippen LogP contribution is 2.49. The molecule has 1 heterocycles. The quantitative estimate of drug-likeness (QED) is 0.931. The monoisotopic (exact) mass is 307 g/mol. The fraction of sp³-hybridized carbons (Fsp3) is 0.588. The van der Waals surface area contributed by atoms with Crippen molar-refractivity contribution >= 4 is 17.5 Å². The molecule has 3 nitrogen and oxygen atoms in total. The van der Waals surface area contributed by atoms with E-state index < -0.39 is 6.10 Å². The van der Waals surface area contributed by atoms with Gasteiger partial charge in [-0.05, 0) is 56.2 Å². The number of hydrogen-bond donors (Lipinski definition) is 1. The largest absolute Gasteiger partial charge is 0.391 e. The highest BCUT2D eigenvalue weighted by atomic mass is 35.5. The molecular formula is C17H22ClNO2. The Morgan fingerprint density at radius 2 is 2.24 bits per heavy atom. The Kier molecular flexibility index (Phi) is 4.23. The average molecular weight is 308 g/mol. The molecule has 3 rings (SSSR count). The number of likely N-dealkylation sites (tertiary alicyclic amines) is 1. The minimum atomic E-state index is -0.447. The van der Waals surface area contributed by atoms with E-state index in [0.717, 1.165) is 42.8 Å². The topological polar surface area (TPSA) is 40.5 Å². The molecule has 114 valence electrons. The van der Waals surface area contributed by atoms with Crippen LogP contribution in [0.5, 0.6) is 0 Å². The highest BCUT2D eigenvalue weighted by molar-refractivity contribution is 6.30. The Balaban J connectivity index is 1.69. The Bertz CT molecular complexity index is 531. The van der Waals surface area contributed by atoms with Crippen LogP contribution in [0.2, 0.25) is 5.02 Å². The summed E-state index contributed by atoms with van der Waals surface area (Å²) < 4.78 is 0. The summed E-state index contributed by atoms with van der Waals surface area (Å²) in [5.74, 6) is 0.584. The number of aliphatic hydroxyl groups excluding tert-OH is 1. The molecule has 1 N–H and O–H groups in total. The molecular weight excluding hydrogens is 286 g/mol. The normalized spacial score (nSPS) is 30.0. The van der Waals surface area contributed by atoms with Gasteiger partial charge in [0, 0.05) is 17.5 Å². The molecule has 4 unspecified atom stereocenters. The number of piperidine rings is 1. The van der Waals surface area contributed by atoms with Crippen molar-refractivity contribution in [2.45, 2.75) is 50.7 Å². The zero-order valence-electron chi connectivity index (χ0n) is 12.3. The zero-order valence-corrected chi connectivity index (χ0v) is 13.1. The van der Waals surface area contributed by atoms with Crippen molar-refractivity contribution in [2.24, 2.45) is 5.92 Å². The van der Waals surface area contributed by atoms with Gasteiger partial charge in [0.25, 0.3) is 0 Å². The molecule has 0 bridgehead atoms. The van der Waals surface area contributed by atoms with Gasteiger partial charge in [-0.25, -0.2) is 0 Å². The standard InChI is InChI=1S/C17H22ClNO2/c1-11(20)16-7-2-3-8-19(16)17(21)15-10-14(15)12-5-4-6-13(18)9-12/h4-6,9,11,14-16,20H,2-3,7-8,10H2,1H3. The first-order chi connectivity index (χ1) is 10.1. The summed E-state index contributed by atoms with van der Waals surface area (Å²) in [5, 5.41) is 10.6. The van der Waals surface area contributed by atoms with Gasteiger partial charge < -0.3 is 10.0 Å². The number of carbonyl (C=O) groups is 1. The summed E-state index contributed by atoms with van der Waals surface area (Å²) in [6, 6.07) is 7.80. The summed E-state index contributed by atoms with van der Waals surface area (Å²) in [6.07, 6.45) is 3.52. The fourth-order valence-electron chi connectivity index (χ4n) is 3.52. The van der Waals surface area contributed by atoms with Crippen molar-refractivity contribution in [2.75, 3.05) is 6.54 Å². The maximum absolute atomic E-state index is 12.7. The number of halogens is 1. The van der Waals surface area contributed by atoms with E-state index >= 15 is 0 Å². The van der Waals surface area contributed by atoms with Crippen molar-refractivity contribution in [3.63, 3.8) is 0 Å². The van der Waals surface area contributed by atoms with Crippen molar-refractivity contribution in [3.8, 4) is 0 Å². The molecule has 4 heteroatoms. The number of benzene rings is 1. The maximum Gasteiger partial charge on any atom is 0.226 e. The molecule has 1 aromatic carbocycles. The lowest BCUT2D eigenvalue weighted by molar-refractivity contribution is -0.139. The maximum atomic E-state index is 12.7. The number of aliphatic hydroxyl groups is 1. The third-order valence-corrected chi connectivity index (χ3v) is 5.01. The molecule has 21 heavy (non-hydrogen) atoms. The van der Waals surface area contributed by atoms with Crippen LogP contribution in [-0.2, 0) is 4.79 Å². The van der Waals surface area contributed by atoms with Gasteiger partial charge in [-0.1, -0.05) is 23.7 Å². The molecule has 1 amide bonds. The van der Waals surface area contributed by atoms with Crippen molar-refractivity contribution < 1.29 is 9.90 Å². The van der Waals surface area contributed by atoms with Gasteiger partial charge in [0.1, 0.15) is 0 Å². The first kappa shape index (κ1) is 14.9. The fourth-order valence-corrected chi connectivity index (χ4v) is 3.72. The third kappa shape index (κ3) is 3.09. The second kappa shape index (κ2) is 5.98. The average Bonchev–Trinajstić information content (AvgIpc) is 3.27. The van der Waals surface area contributed by atoms with E-state index in [9.17, 15) is 9.90 Å². The van der Waals surface area contributed by atoms with E-state index in [1.807, 2.05) is 29.2 Å². The van der Waals surface area contributed by atoms with Gasteiger partial charge in [-0.2, -0.15) is 0 Å². The summed E-state index contributed by atoms with van der Waals surface area (Å²) >= 11 is 6.03. The van der Waals surface area contributed by atoms with Crippen LogP contribution >= 0.6 is 11.6 Å². The van der Waals surface area contributed by atoms with E-state index in [-0.39, 0.29) is 17.9 Å². The Morgan fingerprint density at radius 1 is 1.43 bits per heavy atom. The van der Waals surface area contributed by atoms with Crippen LogP contribution in [0.25, 0.3) is 0 Å². The lowest BCUT2D eigenvalue weighted by Crippen LogP contribution is -2.49. The first-order valence-electron chi connectivity index (χ1n) is 7.82. The van der Waals surface area contributed by atoms with Gasteiger partial charge in [0.2, 0.25) is 5.91 Å². The molecule has 0 aromatic heterocycles. The van der Waals surface area contributed by atoms with Gasteiger partial charge in [0.05, 0.1) is 12.1 Å². The summed E-state index contributed by atoms with van der Waals surface area (Å²) in [7, 11) is 0. The SMILES string of the molecule is CC(O)C1CCCCN1C(=O)C1CC1c1cccc(Cl)c1. The van der Waals surface area contributed by atoms with Gasteiger partial charge >= 0.3 is 0 Å². The summed E-state index contributed by atoms with van der Waals surface area (Å²) in [5.41, 5.74) is 1.16. The van der Waals surface area contributed by atoms with Crippen LogP contribution in [-0.4, -0.2) is 34.6 Å². The Hall–Kier alpha value is -1.06. The molecule has 1 aliphatic carbocycles. The first-order valence-corrected chi connectivity index (χ1v) is 8.19. The number of rotatable bonds is 3. The number of carbonyl (C=O) groups excluding carboxylic acids is 1. The Morgan fingerprint density at radius 3 is 2.95 bits per heavy atom. The molecule has 0 radical (unpaired) electrons. The predicted octanol–water partition coefficient (Wildman–Crippen LogP) is 3.21. The van der Waals surface area contributed by atoms with Crippen LogP contribution in [0.1, 0.15) is 44.1 Å². The van der Waals surface area contributed by atoms with Gasteiger partial charge in [-0.3, -0.25) is 4.79 Å². The molecule has 2 aliphatic rings. The number of nitrogens with zero attached hydrogens (tertiary/aromatic N) is 1. The minimum absolute atomic E-state index is 0.00754. The van der Waals surface area contributed by atoms with E-state index in [4.69, 9.17) is 11.6 Å². The summed E-state index contributed by atoms with van der Waals surface area (Å²) in [6.45, 7) is 2.57. The molecule has 4 atom stereocenters. The van der Waals surface area contributed by atoms with Crippen molar-refractivity contribution in [1.82, 2.24) is 4.90 Å². The lowest BCUT2D eigenvalue weighted by atomic mass is 9.97. The molecule has 1 aromatic rings. The predicted molar refractivity (Wildman–Crippen MR) is 83.3 cm³/mol. The second-order valence-corrected chi connectivity index (χ2v) is 6.78. The lowest BCUT2D eigenvalue weighted by Gasteiger charge is -2.37. The number of amides is 1. The van der Waals surface area contributed by atoms with Crippen molar-refractivity contribution in [1.29, 1.82) is 0 Å². The van der Waals surface area contributed by atoms with Crippen LogP contribution in [0.15, 0.2) is 24.3 Å². The van der Waals surface area contributed by atoms with E-state index in [0.29, 0.717) is 5.92 Å². The highest BCUT2D eigenvalue weighted by Gasteiger charge is 2.47. The van der Waals surface area contributed by atoms with Crippen molar-refractivity contribution in [3.05, 3.63) is 34.9 Å². The van der Waals surface area contributed by atoms with Crippen LogP contribution in [0, 0.1) is 5.92 Å². The minimum Gasteiger partial charge on any atom is -0.391 e. The molecule has 1 aliphatic heterocycles. The molecule has 0 spiro atoms. The van der Waals surface area contributed by atoms with Gasteiger partial charge in [-0.15, -0.1) is 0 Å². The van der Waals surface area contributed by atoms with E-state index in [2.05, 4.69) is 0 Å². The second-order valence-electron chi connectivity index (χ2n) is 6.34. The summed E-state index contributed by atoms with van der Waals surface area (Å²) in [4.78, 5) is 14.6. The van der Waals surface area contributed by atoms with E-state index in [1.165, 1.54) is 0 Å². The molecule has 1 saturated carbocycles. The van der Waals surface area contributed by atoms with Gasteiger partial charge in [0.15, 0.2) is 0 Å². The van der Waals surface area contributed by atoms with Crippen LogP contribution in [0.4, 0.5) is 0 Å². The molecule has 2 fully saturated rings. The van der Waals surface area contributed by atoms with E-state index in [1.54, 1.807) is 6.92 Å². The number of hydrogen-bond acceptors (Lipinski definition) is 2. The third-order valence-electron chi connectivity index (χ3n) is 4.77. The smallest absolute Gasteiger partial charge is 0.226 e. The zero-order chi connectivity index (χ0) is 15.0. The van der Waals surface area contributed by atoms with Crippen LogP contribution in [0.3, 0.4) is 0 Å². The molecule has 1 saturated heterocycles. The van der Waals surface area contributed by atoms with Crippen LogP contribution < -0.4 is 0 Å².